The van der Waals surface area contributed by atoms with Gasteiger partial charge in [0, 0.05) is 24.4 Å². The standard InChI is InChI=1S/C23H26F2N2O4S/c1-14(28)22(29)27-17-12-23(25,13-17)21(26-32(2,30)31)19(27)11-16-9-6-10-18(20(16)24)15-7-4-3-5-8-15/h3-10,14,17,19,21,26,28H,11-13H2,1-2H3/t14?,17?,19-,21+,23?/m0/s1/i14D. The zero-order chi connectivity index (χ0) is 24.2. The summed E-state index contributed by atoms with van der Waals surface area (Å²) in [5.74, 6) is -1.53. The molecule has 2 bridgehead atoms. The molecule has 172 valence electrons. The van der Waals surface area contributed by atoms with Crippen LogP contribution in [0.4, 0.5) is 8.78 Å². The Balaban J connectivity index is 1.77. The van der Waals surface area contributed by atoms with Crippen LogP contribution in [-0.4, -0.2) is 60.5 Å². The zero-order valence-corrected chi connectivity index (χ0v) is 18.6. The van der Waals surface area contributed by atoms with E-state index < -0.39 is 51.6 Å². The number of alkyl halides is 1. The van der Waals surface area contributed by atoms with E-state index in [4.69, 9.17) is 1.37 Å². The molecule has 2 aliphatic heterocycles. The predicted molar refractivity (Wildman–Crippen MR) is 116 cm³/mol. The Morgan fingerprint density at radius 1 is 1.28 bits per heavy atom. The Bertz CT molecular complexity index is 1160. The van der Waals surface area contributed by atoms with Crippen molar-refractivity contribution in [2.45, 2.75) is 56.1 Å². The van der Waals surface area contributed by atoms with Gasteiger partial charge >= 0.3 is 0 Å². The molecule has 3 fully saturated rings. The lowest BCUT2D eigenvalue weighted by Gasteiger charge is -2.61. The fraction of sp³-hybridized carbons (Fsp3) is 0.435. The first-order valence-corrected chi connectivity index (χ1v) is 12.2. The van der Waals surface area contributed by atoms with E-state index in [1.807, 2.05) is 0 Å². The molecule has 0 radical (unpaired) electrons. The van der Waals surface area contributed by atoms with Crippen LogP contribution in [0.25, 0.3) is 11.1 Å². The number of amides is 1. The van der Waals surface area contributed by atoms with Gasteiger partial charge in [-0.25, -0.2) is 21.9 Å². The van der Waals surface area contributed by atoms with E-state index >= 15 is 8.78 Å². The fourth-order valence-corrected chi connectivity index (χ4v) is 5.72. The first kappa shape index (κ1) is 21.5. The fourth-order valence-electron chi connectivity index (χ4n) is 4.89. The summed E-state index contributed by atoms with van der Waals surface area (Å²) in [5, 5.41) is 10.1. The van der Waals surface area contributed by atoms with E-state index in [0.29, 0.717) is 11.1 Å². The van der Waals surface area contributed by atoms with Crippen LogP contribution < -0.4 is 4.72 Å². The maximum atomic E-state index is 15.6. The van der Waals surface area contributed by atoms with Gasteiger partial charge in [0.15, 0.2) is 0 Å². The monoisotopic (exact) mass is 465 g/mol. The van der Waals surface area contributed by atoms with Crippen LogP contribution in [0.5, 0.6) is 0 Å². The van der Waals surface area contributed by atoms with Gasteiger partial charge in [-0.15, -0.1) is 0 Å². The van der Waals surface area contributed by atoms with Gasteiger partial charge in [0.05, 0.1) is 19.7 Å². The van der Waals surface area contributed by atoms with E-state index in [2.05, 4.69) is 4.72 Å². The Labute approximate surface area is 187 Å². The van der Waals surface area contributed by atoms with Crippen LogP contribution in [0, 0.1) is 5.82 Å². The van der Waals surface area contributed by atoms with Crippen molar-refractivity contribution in [1.82, 2.24) is 9.62 Å². The number of hydrogen-bond acceptors (Lipinski definition) is 4. The SMILES string of the molecule is [2H]C(C)(O)C(=O)N1C2CC(F)(C2)[C@H](NS(C)(=O)=O)[C@@H]1Cc1cccc(-c2ccccc2)c1F. The quantitative estimate of drug-likeness (QED) is 0.686. The number of halogens is 2. The molecule has 5 rings (SSSR count). The number of aliphatic hydroxyl groups is 1. The molecule has 1 aliphatic carbocycles. The van der Waals surface area contributed by atoms with Crippen molar-refractivity contribution >= 4 is 15.9 Å². The number of hydrogen-bond donors (Lipinski definition) is 2. The minimum Gasteiger partial charge on any atom is -0.384 e. The maximum Gasteiger partial charge on any atom is 0.251 e. The molecule has 2 saturated heterocycles. The van der Waals surface area contributed by atoms with Crippen molar-refractivity contribution < 1.29 is 28.5 Å². The van der Waals surface area contributed by atoms with Gasteiger partial charge in [-0.1, -0.05) is 48.5 Å². The lowest BCUT2D eigenvalue weighted by atomic mass is 9.64. The molecule has 9 heteroatoms. The van der Waals surface area contributed by atoms with E-state index in [1.54, 1.807) is 42.5 Å². The third kappa shape index (κ3) is 4.16. The summed E-state index contributed by atoms with van der Waals surface area (Å²) < 4.78 is 65.3. The molecule has 2 aromatic carbocycles. The van der Waals surface area contributed by atoms with Gasteiger partial charge in [0.2, 0.25) is 10.0 Å². The highest BCUT2D eigenvalue weighted by molar-refractivity contribution is 7.88. The first-order valence-electron chi connectivity index (χ1n) is 10.8. The normalized spacial score (nSPS) is 29.6. The van der Waals surface area contributed by atoms with E-state index in [1.165, 1.54) is 11.0 Å². The van der Waals surface area contributed by atoms with Crippen LogP contribution in [-0.2, 0) is 21.2 Å². The van der Waals surface area contributed by atoms with Crippen molar-refractivity contribution in [3.63, 3.8) is 0 Å². The van der Waals surface area contributed by atoms with Crippen molar-refractivity contribution in [1.29, 1.82) is 0 Å². The Morgan fingerprint density at radius 2 is 1.94 bits per heavy atom. The third-order valence-electron chi connectivity index (χ3n) is 6.32. The summed E-state index contributed by atoms with van der Waals surface area (Å²) in [7, 11) is -3.87. The Kier molecular flexibility index (Phi) is 5.51. The number of benzene rings is 2. The zero-order valence-electron chi connectivity index (χ0n) is 18.8. The second kappa shape index (κ2) is 8.20. The predicted octanol–water partition coefficient (Wildman–Crippen LogP) is 2.42. The van der Waals surface area contributed by atoms with Crippen LogP contribution in [0.1, 0.15) is 26.7 Å². The lowest BCUT2D eigenvalue weighted by Crippen LogP contribution is -2.77. The highest BCUT2D eigenvalue weighted by Gasteiger charge is 2.63. The van der Waals surface area contributed by atoms with Gasteiger partial charge in [-0.3, -0.25) is 4.79 Å². The third-order valence-corrected chi connectivity index (χ3v) is 7.00. The second-order valence-electron chi connectivity index (χ2n) is 8.68. The van der Waals surface area contributed by atoms with Gasteiger partial charge in [0.1, 0.15) is 17.6 Å². The highest BCUT2D eigenvalue weighted by atomic mass is 32.2. The van der Waals surface area contributed by atoms with E-state index in [-0.39, 0.29) is 24.8 Å². The number of carbonyl (C=O) groups is 1. The number of sulfonamides is 1. The summed E-state index contributed by atoms with van der Waals surface area (Å²) in [6, 6.07) is 10.5. The Hall–Kier alpha value is -2.36. The minimum absolute atomic E-state index is 0.120. The van der Waals surface area contributed by atoms with Crippen molar-refractivity contribution in [3.05, 3.63) is 59.9 Å². The average molecular weight is 466 g/mol. The molecule has 3 atom stereocenters. The van der Waals surface area contributed by atoms with E-state index in [0.717, 1.165) is 13.2 Å². The molecule has 3 aliphatic rings. The molecule has 0 spiro atoms. The molecule has 2 heterocycles. The number of piperidine rings is 2. The summed E-state index contributed by atoms with van der Waals surface area (Å²) in [6.07, 6.45) is -2.04. The smallest absolute Gasteiger partial charge is 0.251 e. The summed E-state index contributed by atoms with van der Waals surface area (Å²) in [4.78, 5) is 14.1. The summed E-state index contributed by atoms with van der Waals surface area (Å²) >= 11 is 0. The molecule has 2 N–H and O–H groups in total. The van der Waals surface area contributed by atoms with Crippen molar-refractivity contribution in [3.8, 4) is 11.1 Å². The number of rotatable bonds is 6. The second-order valence-corrected chi connectivity index (χ2v) is 10.5. The number of nitrogens with zero attached hydrogens (tertiary/aromatic N) is 1. The molecule has 2 aromatic rings. The maximum absolute atomic E-state index is 15.6. The topological polar surface area (TPSA) is 86.7 Å². The van der Waals surface area contributed by atoms with E-state index in [9.17, 15) is 18.3 Å². The molecule has 0 aromatic heterocycles. The largest absolute Gasteiger partial charge is 0.384 e. The average Bonchev–Trinajstić information content (AvgIpc) is 2.69. The molecule has 1 saturated carbocycles. The van der Waals surface area contributed by atoms with Crippen LogP contribution >= 0.6 is 0 Å². The van der Waals surface area contributed by atoms with Crippen molar-refractivity contribution in [2.24, 2.45) is 0 Å². The van der Waals surface area contributed by atoms with Gasteiger partial charge in [-0.2, -0.15) is 0 Å². The van der Waals surface area contributed by atoms with Crippen LogP contribution in [0.2, 0.25) is 0 Å². The summed E-state index contributed by atoms with van der Waals surface area (Å²) in [5.41, 5.74) is -0.773. The molecule has 1 amide bonds. The molecule has 6 nitrogen and oxygen atoms in total. The molecule has 32 heavy (non-hydrogen) atoms. The molecule has 1 unspecified atom stereocenters. The van der Waals surface area contributed by atoms with Crippen LogP contribution in [0.15, 0.2) is 48.5 Å². The minimum atomic E-state index is -3.87. The number of fused-ring (bicyclic) bond motifs is 2. The molecular formula is C23H26F2N2O4S. The van der Waals surface area contributed by atoms with Gasteiger partial charge < -0.3 is 10.0 Å². The van der Waals surface area contributed by atoms with Crippen molar-refractivity contribution in [2.75, 3.05) is 6.26 Å². The Morgan fingerprint density at radius 3 is 2.53 bits per heavy atom. The molecular weight excluding hydrogens is 438 g/mol. The lowest BCUT2D eigenvalue weighted by molar-refractivity contribution is -0.174. The number of carbonyl (C=O) groups excluding carboxylic acids is 1. The van der Waals surface area contributed by atoms with Crippen LogP contribution in [0.3, 0.4) is 0 Å². The van der Waals surface area contributed by atoms with Gasteiger partial charge in [-0.05, 0) is 24.5 Å². The van der Waals surface area contributed by atoms with Gasteiger partial charge in [0.25, 0.3) is 5.91 Å². The number of nitrogens with one attached hydrogen (secondary N) is 1. The summed E-state index contributed by atoms with van der Waals surface area (Å²) in [6.45, 7) is 0.998. The highest BCUT2D eigenvalue weighted by Crippen LogP contribution is 2.50. The first-order chi connectivity index (χ1) is 15.3.